The van der Waals surface area contributed by atoms with E-state index in [1.807, 2.05) is 0 Å². The largest absolute Gasteiger partial charge is 0.416 e. The zero-order valence-corrected chi connectivity index (χ0v) is 16.3. The predicted octanol–water partition coefficient (Wildman–Crippen LogP) is 4.30. The van der Waals surface area contributed by atoms with Gasteiger partial charge in [-0.25, -0.2) is 18.4 Å². The molecule has 0 amide bonds. The Labute approximate surface area is 169 Å². The van der Waals surface area contributed by atoms with Crippen molar-refractivity contribution in [3.8, 4) is 22.5 Å². The fourth-order valence-corrected chi connectivity index (χ4v) is 3.66. The SMILES string of the molecule is CS(=O)(=O)c1ccc(-c2cnc(N)c(-c3nc4ccc(C(F)(F)F)cc4[nH]3)c2)cc1. The molecule has 0 aliphatic rings. The molecule has 0 saturated carbocycles. The normalized spacial score (nSPS) is 12.4. The summed E-state index contributed by atoms with van der Waals surface area (Å²) in [5.41, 5.74) is 7.55. The summed E-state index contributed by atoms with van der Waals surface area (Å²) in [7, 11) is -3.32. The van der Waals surface area contributed by atoms with Crippen molar-refractivity contribution < 1.29 is 21.6 Å². The molecule has 154 valence electrons. The van der Waals surface area contributed by atoms with Gasteiger partial charge in [-0.3, -0.25) is 0 Å². The van der Waals surface area contributed by atoms with Crippen molar-refractivity contribution in [2.45, 2.75) is 11.1 Å². The van der Waals surface area contributed by atoms with Crippen LogP contribution in [0.15, 0.2) is 59.6 Å². The van der Waals surface area contributed by atoms with Crippen LogP contribution < -0.4 is 5.73 Å². The Kier molecular flexibility index (Phi) is 4.53. The van der Waals surface area contributed by atoms with Gasteiger partial charge in [-0.15, -0.1) is 0 Å². The van der Waals surface area contributed by atoms with Crippen LogP contribution in [0.3, 0.4) is 0 Å². The topological polar surface area (TPSA) is 102 Å². The molecule has 10 heteroatoms. The standard InChI is InChI=1S/C20H15F3N4O2S/c1-30(28,29)14-5-2-11(3-6-14)12-8-15(18(24)25-10-12)19-26-16-7-4-13(20(21,22)23)9-17(16)27-19/h2-10H,1H3,(H2,24,25)(H,26,27). The van der Waals surface area contributed by atoms with Gasteiger partial charge in [0, 0.05) is 18.0 Å². The van der Waals surface area contributed by atoms with Gasteiger partial charge in [0.2, 0.25) is 0 Å². The Morgan fingerprint density at radius 3 is 2.33 bits per heavy atom. The maximum atomic E-state index is 13.0. The smallest absolute Gasteiger partial charge is 0.383 e. The number of hydrogen-bond acceptors (Lipinski definition) is 5. The van der Waals surface area contributed by atoms with Crippen LogP contribution in [0.5, 0.6) is 0 Å². The van der Waals surface area contributed by atoms with E-state index in [2.05, 4.69) is 15.0 Å². The first-order valence-electron chi connectivity index (χ1n) is 8.66. The predicted molar refractivity (Wildman–Crippen MR) is 107 cm³/mol. The highest BCUT2D eigenvalue weighted by Gasteiger charge is 2.30. The van der Waals surface area contributed by atoms with Crippen LogP contribution >= 0.6 is 0 Å². The summed E-state index contributed by atoms with van der Waals surface area (Å²) in [6.07, 6.45) is -1.81. The molecule has 30 heavy (non-hydrogen) atoms. The summed E-state index contributed by atoms with van der Waals surface area (Å²) in [6.45, 7) is 0. The first-order valence-corrected chi connectivity index (χ1v) is 10.5. The summed E-state index contributed by atoms with van der Waals surface area (Å²) < 4.78 is 62.1. The van der Waals surface area contributed by atoms with Crippen molar-refractivity contribution in [1.82, 2.24) is 15.0 Å². The van der Waals surface area contributed by atoms with Crippen molar-refractivity contribution >= 4 is 26.7 Å². The molecule has 2 aromatic carbocycles. The number of benzene rings is 2. The monoisotopic (exact) mass is 432 g/mol. The van der Waals surface area contributed by atoms with Gasteiger partial charge in [0.25, 0.3) is 0 Å². The second kappa shape index (κ2) is 6.84. The number of nitrogens with two attached hydrogens (primary N) is 1. The van der Waals surface area contributed by atoms with Crippen LogP contribution in [0, 0.1) is 0 Å². The van der Waals surface area contributed by atoms with E-state index in [1.54, 1.807) is 18.2 Å². The highest BCUT2D eigenvalue weighted by atomic mass is 32.2. The number of alkyl halides is 3. The van der Waals surface area contributed by atoms with Gasteiger partial charge >= 0.3 is 6.18 Å². The molecule has 0 bridgehead atoms. The van der Waals surface area contributed by atoms with Gasteiger partial charge in [-0.2, -0.15) is 13.2 Å². The Balaban J connectivity index is 1.77. The van der Waals surface area contributed by atoms with Crippen LogP contribution in [0.1, 0.15) is 5.56 Å². The number of aromatic amines is 1. The number of imidazole rings is 1. The molecule has 0 fully saturated rings. The molecule has 2 aromatic heterocycles. The maximum absolute atomic E-state index is 13.0. The number of nitrogens with zero attached hydrogens (tertiary/aromatic N) is 2. The van der Waals surface area contributed by atoms with E-state index in [1.165, 1.54) is 24.4 Å². The van der Waals surface area contributed by atoms with Crippen molar-refractivity contribution in [3.05, 3.63) is 60.3 Å². The first-order chi connectivity index (χ1) is 14.0. The lowest BCUT2D eigenvalue weighted by Crippen LogP contribution is -2.04. The van der Waals surface area contributed by atoms with Crippen LogP contribution in [0.2, 0.25) is 0 Å². The van der Waals surface area contributed by atoms with Gasteiger partial charge in [-0.05, 0) is 42.0 Å². The first kappa shape index (κ1) is 19.9. The summed E-state index contributed by atoms with van der Waals surface area (Å²) in [6, 6.07) is 11.2. The molecule has 4 rings (SSSR count). The number of halogens is 3. The van der Waals surface area contributed by atoms with Gasteiger partial charge in [0.05, 0.1) is 27.1 Å². The van der Waals surface area contributed by atoms with E-state index < -0.39 is 21.6 Å². The molecule has 0 spiro atoms. The van der Waals surface area contributed by atoms with Gasteiger partial charge in [0.1, 0.15) is 11.6 Å². The Morgan fingerprint density at radius 2 is 1.70 bits per heavy atom. The lowest BCUT2D eigenvalue weighted by Gasteiger charge is -2.07. The number of hydrogen-bond donors (Lipinski definition) is 2. The van der Waals surface area contributed by atoms with Gasteiger partial charge < -0.3 is 10.7 Å². The molecule has 0 atom stereocenters. The van der Waals surface area contributed by atoms with Crippen molar-refractivity contribution in [1.29, 1.82) is 0 Å². The zero-order chi connectivity index (χ0) is 21.7. The van der Waals surface area contributed by atoms with Crippen LogP contribution in [-0.2, 0) is 16.0 Å². The summed E-state index contributed by atoms with van der Waals surface area (Å²) in [5, 5.41) is 0. The van der Waals surface area contributed by atoms with Gasteiger partial charge in [0.15, 0.2) is 9.84 Å². The lowest BCUT2D eigenvalue weighted by molar-refractivity contribution is -0.137. The average molecular weight is 432 g/mol. The number of pyridine rings is 1. The van der Waals surface area contributed by atoms with Crippen LogP contribution in [0.25, 0.3) is 33.5 Å². The van der Waals surface area contributed by atoms with E-state index in [4.69, 9.17) is 5.73 Å². The average Bonchev–Trinajstić information content (AvgIpc) is 3.10. The van der Waals surface area contributed by atoms with E-state index in [9.17, 15) is 21.6 Å². The molecule has 0 aliphatic carbocycles. The molecular weight excluding hydrogens is 417 g/mol. The van der Waals surface area contributed by atoms with E-state index in [0.29, 0.717) is 22.2 Å². The fraction of sp³-hybridized carbons (Fsp3) is 0.100. The highest BCUT2D eigenvalue weighted by Crippen LogP contribution is 2.33. The summed E-state index contributed by atoms with van der Waals surface area (Å²) >= 11 is 0. The second-order valence-electron chi connectivity index (χ2n) is 6.77. The Hall–Kier alpha value is -3.40. The number of aromatic nitrogens is 3. The lowest BCUT2D eigenvalue weighted by atomic mass is 10.1. The molecule has 2 heterocycles. The quantitative estimate of drug-likeness (QED) is 0.503. The number of sulfone groups is 1. The fourth-order valence-electron chi connectivity index (χ4n) is 3.03. The number of rotatable bonds is 3. The van der Waals surface area contributed by atoms with Gasteiger partial charge in [-0.1, -0.05) is 12.1 Å². The van der Waals surface area contributed by atoms with E-state index >= 15 is 0 Å². The molecule has 3 N–H and O–H groups in total. The number of nitrogens with one attached hydrogen (secondary N) is 1. The van der Waals surface area contributed by atoms with E-state index in [0.717, 1.165) is 18.4 Å². The Morgan fingerprint density at radius 1 is 1.00 bits per heavy atom. The minimum atomic E-state index is -4.46. The number of nitrogen functional groups attached to an aromatic ring is 1. The van der Waals surface area contributed by atoms with Crippen molar-refractivity contribution in [2.75, 3.05) is 12.0 Å². The zero-order valence-electron chi connectivity index (χ0n) is 15.5. The minimum Gasteiger partial charge on any atom is -0.383 e. The van der Waals surface area contributed by atoms with Crippen LogP contribution in [-0.4, -0.2) is 29.6 Å². The molecular formula is C20H15F3N4O2S. The third-order valence-electron chi connectivity index (χ3n) is 4.60. The molecule has 0 radical (unpaired) electrons. The number of anilines is 1. The number of fused-ring (bicyclic) bond motifs is 1. The van der Waals surface area contributed by atoms with Crippen LogP contribution in [0.4, 0.5) is 19.0 Å². The van der Waals surface area contributed by atoms with Crippen molar-refractivity contribution in [2.24, 2.45) is 0 Å². The molecule has 0 saturated heterocycles. The summed E-state index contributed by atoms with van der Waals surface area (Å²) in [4.78, 5) is 11.5. The molecule has 6 nitrogen and oxygen atoms in total. The highest BCUT2D eigenvalue weighted by molar-refractivity contribution is 7.90. The summed E-state index contributed by atoms with van der Waals surface area (Å²) in [5.74, 6) is 0.436. The third kappa shape index (κ3) is 3.73. The Bertz CT molecular complexity index is 1360. The second-order valence-corrected chi connectivity index (χ2v) is 8.78. The maximum Gasteiger partial charge on any atom is 0.416 e. The minimum absolute atomic E-state index is 0.154. The molecule has 4 aromatic rings. The third-order valence-corrected chi connectivity index (χ3v) is 5.73. The molecule has 0 unspecified atom stereocenters. The number of H-pyrrole nitrogens is 1. The molecule has 0 aliphatic heterocycles. The van der Waals surface area contributed by atoms with E-state index in [-0.39, 0.29) is 22.1 Å². The van der Waals surface area contributed by atoms with Crippen molar-refractivity contribution in [3.63, 3.8) is 0 Å².